The van der Waals surface area contributed by atoms with Gasteiger partial charge in [0.1, 0.15) is 5.52 Å². The third-order valence-electron chi connectivity index (χ3n) is 13.0. The number of aromatic nitrogens is 4. The highest BCUT2D eigenvalue weighted by molar-refractivity contribution is 6.09. The van der Waals surface area contributed by atoms with Gasteiger partial charge in [0.2, 0.25) is 11.8 Å². The van der Waals surface area contributed by atoms with Crippen molar-refractivity contribution in [2.24, 2.45) is 11.3 Å². The van der Waals surface area contributed by atoms with E-state index < -0.39 is 11.2 Å². The fraction of sp³-hybridized carbons (Fsp3) is 0.548. The second-order valence-corrected chi connectivity index (χ2v) is 17.3. The van der Waals surface area contributed by atoms with E-state index in [-0.39, 0.29) is 35.5 Å². The standard InChI is InChI=1S/C42H51FN8O3/c1-26(2)50-25-45-35-22-34(47-38(37(35)50)46-33-7-13-44-23-32(33)43)28-5-6-31-36(19-28)51(30-20-29(21-30)49-14-10-41(3,4)24-49)40(53)42(31)11-15-48(16-12-42)39(52)27-8-17-54-18-9-27/h5-7,13,19,22-23,25-27,29-30H,8-12,14-18,20-21,24H2,1-4H3,(H,44,46,47). The van der Waals surface area contributed by atoms with Crippen molar-refractivity contribution in [3.8, 4) is 11.3 Å². The first kappa shape index (κ1) is 35.3. The summed E-state index contributed by atoms with van der Waals surface area (Å²) in [6.07, 6.45) is 10.4. The van der Waals surface area contributed by atoms with Gasteiger partial charge in [-0.2, -0.15) is 0 Å². The minimum Gasteiger partial charge on any atom is -0.381 e. The van der Waals surface area contributed by atoms with Crippen molar-refractivity contribution in [3.05, 3.63) is 60.4 Å². The van der Waals surface area contributed by atoms with Gasteiger partial charge in [0.25, 0.3) is 0 Å². The Labute approximate surface area is 316 Å². The van der Waals surface area contributed by atoms with Gasteiger partial charge in [-0.1, -0.05) is 26.0 Å². The van der Waals surface area contributed by atoms with Crippen LogP contribution in [0.2, 0.25) is 0 Å². The van der Waals surface area contributed by atoms with Gasteiger partial charge >= 0.3 is 0 Å². The number of carbonyl (C=O) groups excluding carboxylic acids is 2. The third-order valence-corrected chi connectivity index (χ3v) is 13.0. The number of imidazole rings is 1. The van der Waals surface area contributed by atoms with Gasteiger partial charge in [-0.05, 0) is 94.5 Å². The van der Waals surface area contributed by atoms with Crippen molar-refractivity contribution in [1.29, 1.82) is 0 Å². The van der Waals surface area contributed by atoms with Crippen LogP contribution in [0.4, 0.5) is 21.6 Å². The Bertz CT molecular complexity index is 2090. The van der Waals surface area contributed by atoms with Crippen molar-refractivity contribution < 1.29 is 18.7 Å². The van der Waals surface area contributed by atoms with Crippen LogP contribution in [0.25, 0.3) is 22.3 Å². The molecule has 2 amide bonds. The molecule has 0 unspecified atom stereocenters. The van der Waals surface area contributed by atoms with E-state index in [0.29, 0.717) is 62.1 Å². The summed E-state index contributed by atoms with van der Waals surface area (Å²) < 4.78 is 22.4. The predicted octanol–water partition coefficient (Wildman–Crippen LogP) is 6.85. The summed E-state index contributed by atoms with van der Waals surface area (Å²) in [4.78, 5) is 49.0. The lowest BCUT2D eigenvalue weighted by Gasteiger charge is -2.47. The Morgan fingerprint density at radius 1 is 1.02 bits per heavy atom. The van der Waals surface area contributed by atoms with Gasteiger partial charge in [-0.3, -0.25) is 19.5 Å². The van der Waals surface area contributed by atoms with Crippen LogP contribution < -0.4 is 10.2 Å². The molecule has 11 nitrogen and oxygen atoms in total. The number of likely N-dealkylation sites (tertiary alicyclic amines) is 2. The molecule has 5 aliphatic rings. The van der Waals surface area contributed by atoms with E-state index in [1.807, 2.05) is 15.5 Å². The molecule has 1 aliphatic carbocycles. The number of amides is 2. The summed E-state index contributed by atoms with van der Waals surface area (Å²) in [5.74, 6) is 0.418. The summed E-state index contributed by atoms with van der Waals surface area (Å²) >= 11 is 0. The van der Waals surface area contributed by atoms with Crippen molar-refractivity contribution >= 4 is 40.0 Å². The van der Waals surface area contributed by atoms with Crippen LogP contribution in [0.5, 0.6) is 0 Å². The number of fused-ring (bicyclic) bond motifs is 3. The number of hydrogen-bond acceptors (Lipinski definition) is 8. The van der Waals surface area contributed by atoms with Crippen molar-refractivity contribution in [3.63, 3.8) is 0 Å². The smallest absolute Gasteiger partial charge is 0.238 e. The number of nitrogens with zero attached hydrogens (tertiary/aromatic N) is 7. The minimum atomic E-state index is -0.667. The van der Waals surface area contributed by atoms with E-state index in [9.17, 15) is 14.0 Å². The summed E-state index contributed by atoms with van der Waals surface area (Å²) in [5.41, 5.74) is 5.04. The van der Waals surface area contributed by atoms with Crippen molar-refractivity contribution in [2.75, 3.05) is 49.6 Å². The number of carbonyl (C=O) groups is 2. The quantitative estimate of drug-likeness (QED) is 0.220. The van der Waals surface area contributed by atoms with E-state index in [1.165, 1.54) is 12.6 Å². The van der Waals surface area contributed by atoms with Gasteiger partial charge in [-0.15, -0.1) is 0 Å². The second-order valence-electron chi connectivity index (χ2n) is 17.3. The average Bonchev–Trinajstić information content (AvgIpc) is 3.82. The number of hydrogen-bond donors (Lipinski definition) is 1. The molecule has 0 radical (unpaired) electrons. The zero-order valence-corrected chi connectivity index (χ0v) is 31.9. The zero-order chi connectivity index (χ0) is 37.4. The van der Waals surface area contributed by atoms with Crippen LogP contribution in [0, 0.1) is 17.2 Å². The van der Waals surface area contributed by atoms with Crippen molar-refractivity contribution in [2.45, 2.75) is 96.2 Å². The number of benzene rings is 1. The minimum absolute atomic E-state index is 0.00658. The largest absolute Gasteiger partial charge is 0.381 e. The molecular formula is C42H51FN8O3. The van der Waals surface area contributed by atoms with Gasteiger partial charge in [0.05, 0.1) is 34.8 Å². The number of pyridine rings is 2. The van der Waals surface area contributed by atoms with E-state index in [2.05, 4.69) is 66.0 Å². The van der Waals surface area contributed by atoms with E-state index >= 15 is 0 Å². The van der Waals surface area contributed by atoms with Gasteiger partial charge in [0.15, 0.2) is 11.6 Å². The van der Waals surface area contributed by atoms with Crippen LogP contribution >= 0.6 is 0 Å². The second kappa shape index (κ2) is 13.4. The van der Waals surface area contributed by atoms with Gasteiger partial charge in [-0.25, -0.2) is 14.4 Å². The molecule has 0 atom stereocenters. The Morgan fingerprint density at radius 3 is 2.50 bits per heavy atom. The summed E-state index contributed by atoms with van der Waals surface area (Å²) in [5, 5.41) is 3.24. The van der Waals surface area contributed by atoms with Crippen LogP contribution in [-0.2, 0) is 19.7 Å². The van der Waals surface area contributed by atoms with Crippen LogP contribution in [0.1, 0.15) is 84.2 Å². The Morgan fingerprint density at radius 2 is 1.80 bits per heavy atom. The highest BCUT2D eigenvalue weighted by Crippen LogP contribution is 2.52. The van der Waals surface area contributed by atoms with Gasteiger partial charge in [0, 0.05) is 74.3 Å². The molecule has 7 heterocycles. The molecule has 3 aromatic heterocycles. The summed E-state index contributed by atoms with van der Waals surface area (Å²) in [7, 11) is 0. The fourth-order valence-electron chi connectivity index (χ4n) is 9.73. The fourth-order valence-corrected chi connectivity index (χ4v) is 9.73. The molecule has 12 heteroatoms. The lowest BCUT2D eigenvalue weighted by atomic mass is 9.73. The first-order valence-corrected chi connectivity index (χ1v) is 19.8. The number of ether oxygens (including phenoxy) is 1. The zero-order valence-electron chi connectivity index (χ0n) is 31.9. The molecule has 9 rings (SSSR count). The normalized spacial score (nSPS) is 24.1. The van der Waals surface area contributed by atoms with E-state index in [1.54, 1.807) is 18.6 Å². The van der Waals surface area contributed by atoms with Gasteiger partial charge < -0.3 is 24.4 Å². The molecule has 3 saturated heterocycles. The molecular weight excluding hydrogens is 684 g/mol. The molecule has 4 aromatic rings. The number of piperidine rings is 1. The third kappa shape index (κ3) is 5.96. The molecule has 1 saturated carbocycles. The Hall–Kier alpha value is -4.42. The van der Waals surface area contributed by atoms with E-state index in [4.69, 9.17) is 14.7 Å². The number of nitrogens with one attached hydrogen (secondary N) is 1. The molecule has 54 heavy (non-hydrogen) atoms. The SMILES string of the molecule is CC(C)n1cnc2cc(-c3ccc4c(c3)N(C3CC(N5CCC(C)(C)C5)C3)C(=O)C43CCN(C(=O)C4CCOCC4)CC3)nc(Nc3ccncc3F)c21. The highest BCUT2D eigenvalue weighted by atomic mass is 19.1. The first-order valence-electron chi connectivity index (χ1n) is 19.8. The van der Waals surface area contributed by atoms with Crippen LogP contribution in [0.15, 0.2) is 49.1 Å². The average molecular weight is 735 g/mol. The maximum absolute atomic E-state index is 15.0. The molecule has 0 bridgehead atoms. The van der Waals surface area contributed by atoms with E-state index in [0.717, 1.165) is 66.6 Å². The maximum atomic E-state index is 15.0. The topological polar surface area (TPSA) is 109 Å². The summed E-state index contributed by atoms with van der Waals surface area (Å²) in [6.45, 7) is 13.5. The molecule has 4 aliphatic heterocycles. The molecule has 1 spiro atoms. The highest BCUT2D eigenvalue weighted by Gasteiger charge is 2.56. The number of anilines is 3. The molecule has 1 N–H and O–H groups in total. The summed E-state index contributed by atoms with van der Waals surface area (Å²) in [6, 6.07) is 10.6. The molecule has 4 fully saturated rings. The predicted molar refractivity (Wildman–Crippen MR) is 206 cm³/mol. The van der Waals surface area contributed by atoms with Crippen LogP contribution in [-0.4, -0.2) is 92.6 Å². The number of halogens is 1. The van der Waals surface area contributed by atoms with Crippen molar-refractivity contribution in [1.82, 2.24) is 29.3 Å². The monoisotopic (exact) mass is 734 g/mol. The maximum Gasteiger partial charge on any atom is 0.238 e. The Balaban J connectivity index is 1.07. The number of rotatable bonds is 7. The molecule has 1 aromatic carbocycles. The van der Waals surface area contributed by atoms with Crippen LogP contribution in [0.3, 0.4) is 0 Å². The lowest BCUT2D eigenvalue weighted by Crippen LogP contribution is -2.58. The molecule has 284 valence electrons. The lowest BCUT2D eigenvalue weighted by molar-refractivity contribution is -0.142. The first-order chi connectivity index (χ1) is 26.0. The Kier molecular flexibility index (Phi) is 8.76.